The second-order valence-corrected chi connectivity index (χ2v) is 8.94. The summed E-state index contributed by atoms with van der Waals surface area (Å²) in [5.74, 6) is -1.46. The molecule has 6 heteroatoms. The average Bonchev–Trinajstić information content (AvgIpc) is 3.00. The maximum atomic E-state index is 12.1. The number of carboxylic acid groups (broad SMARTS) is 1. The molecular formula is C34H32O6. The summed E-state index contributed by atoms with van der Waals surface area (Å²) in [6.07, 6.45) is 0.210. The zero-order valence-electron chi connectivity index (χ0n) is 22.4. The van der Waals surface area contributed by atoms with Crippen molar-refractivity contribution in [3.8, 4) is 22.3 Å². The molecule has 0 heterocycles. The molecule has 0 saturated heterocycles. The summed E-state index contributed by atoms with van der Waals surface area (Å²) in [6, 6.07) is 34.4. The summed E-state index contributed by atoms with van der Waals surface area (Å²) in [7, 11) is 0. The number of carboxylic acids is 1. The summed E-state index contributed by atoms with van der Waals surface area (Å²) in [5, 5.41) is 8.59. The number of carbonyl (C=O) groups is 4. The third-order valence-corrected chi connectivity index (χ3v) is 6.01. The summed E-state index contributed by atoms with van der Waals surface area (Å²) < 4.78 is 4.83. The van der Waals surface area contributed by atoms with Gasteiger partial charge in [0.05, 0.1) is 19.4 Å². The maximum absolute atomic E-state index is 12.1. The zero-order valence-corrected chi connectivity index (χ0v) is 22.4. The molecule has 0 fully saturated rings. The Hall–Kier alpha value is -4.84. The fourth-order valence-electron chi connectivity index (χ4n) is 3.96. The van der Waals surface area contributed by atoms with Crippen LogP contribution in [0.5, 0.6) is 0 Å². The topological polar surface area (TPSA) is 97.7 Å². The molecule has 0 unspecified atom stereocenters. The van der Waals surface area contributed by atoms with Crippen molar-refractivity contribution in [2.45, 2.75) is 32.6 Å². The highest BCUT2D eigenvalue weighted by Crippen LogP contribution is 2.22. The van der Waals surface area contributed by atoms with E-state index in [1.54, 1.807) is 25.1 Å². The Morgan fingerprint density at radius 3 is 1.40 bits per heavy atom. The van der Waals surface area contributed by atoms with Gasteiger partial charge < -0.3 is 9.84 Å². The van der Waals surface area contributed by atoms with Crippen molar-refractivity contribution in [2.24, 2.45) is 0 Å². The van der Waals surface area contributed by atoms with E-state index in [0.29, 0.717) is 17.7 Å². The number of carbonyl (C=O) groups excluding carboxylic acids is 3. The Bertz CT molecular complexity index is 1430. The molecule has 0 spiro atoms. The number of ether oxygens (including phenoxy) is 1. The van der Waals surface area contributed by atoms with Crippen LogP contribution in [0.2, 0.25) is 0 Å². The van der Waals surface area contributed by atoms with E-state index in [0.717, 1.165) is 22.3 Å². The van der Waals surface area contributed by atoms with E-state index in [9.17, 15) is 19.2 Å². The van der Waals surface area contributed by atoms with E-state index in [1.807, 2.05) is 91.0 Å². The molecule has 0 atom stereocenters. The smallest absolute Gasteiger partial charge is 0.306 e. The summed E-state index contributed by atoms with van der Waals surface area (Å²) in [4.78, 5) is 45.8. The van der Waals surface area contributed by atoms with E-state index in [1.165, 1.54) is 0 Å². The molecule has 204 valence electrons. The van der Waals surface area contributed by atoms with Gasteiger partial charge in [-0.2, -0.15) is 0 Å². The Morgan fingerprint density at radius 2 is 0.975 bits per heavy atom. The molecule has 1 N–H and O–H groups in total. The highest BCUT2D eigenvalue weighted by Gasteiger charge is 2.11. The van der Waals surface area contributed by atoms with E-state index in [-0.39, 0.29) is 43.2 Å². The third kappa shape index (κ3) is 9.48. The van der Waals surface area contributed by atoms with E-state index in [2.05, 4.69) is 0 Å². The molecule has 4 aromatic rings. The van der Waals surface area contributed by atoms with Gasteiger partial charge in [0.1, 0.15) is 0 Å². The Balaban J connectivity index is 0.000000222. The standard InChI is InChI=1S/C18H18O3.C16H14O3/c1-2-21-18(20)12-11-17(19)16-10-6-9-15(13-16)14-7-4-3-5-8-14;17-15(9-10-16(18)19)14-8-4-7-13(11-14)12-5-2-1-3-6-12/h3-10,13H,2,11-12H2,1H3;1-8,11H,9-10H2,(H,18,19). The molecule has 0 aliphatic heterocycles. The predicted octanol–water partition coefficient (Wildman–Crippen LogP) is 7.28. The molecule has 0 aliphatic carbocycles. The first-order valence-corrected chi connectivity index (χ1v) is 13.1. The predicted molar refractivity (Wildman–Crippen MR) is 155 cm³/mol. The van der Waals surface area contributed by atoms with Crippen molar-refractivity contribution in [3.05, 3.63) is 120 Å². The maximum Gasteiger partial charge on any atom is 0.306 e. The van der Waals surface area contributed by atoms with Gasteiger partial charge in [-0.05, 0) is 41.3 Å². The van der Waals surface area contributed by atoms with Crippen molar-refractivity contribution in [2.75, 3.05) is 6.61 Å². The fourth-order valence-corrected chi connectivity index (χ4v) is 3.96. The average molecular weight is 537 g/mol. The molecular weight excluding hydrogens is 504 g/mol. The Kier molecular flexibility index (Phi) is 11.5. The lowest BCUT2D eigenvalue weighted by atomic mass is 10.00. The van der Waals surface area contributed by atoms with Gasteiger partial charge in [0.15, 0.2) is 11.6 Å². The first-order chi connectivity index (χ1) is 19.4. The minimum absolute atomic E-state index is 0.0353. The number of Topliss-reactive ketones (excluding diaryl/α,β-unsaturated/α-hetero) is 2. The lowest BCUT2D eigenvalue weighted by Crippen LogP contribution is -2.08. The first kappa shape index (κ1) is 29.7. The highest BCUT2D eigenvalue weighted by molar-refractivity contribution is 5.99. The third-order valence-electron chi connectivity index (χ3n) is 6.01. The Morgan fingerprint density at radius 1 is 0.550 bits per heavy atom. The largest absolute Gasteiger partial charge is 0.481 e. The van der Waals surface area contributed by atoms with Crippen LogP contribution in [0.25, 0.3) is 22.3 Å². The number of benzene rings is 4. The Labute approximate surface area is 234 Å². The van der Waals surface area contributed by atoms with Crippen LogP contribution in [-0.2, 0) is 14.3 Å². The molecule has 0 aromatic heterocycles. The minimum atomic E-state index is -0.951. The number of aliphatic carboxylic acids is 1. The van der Waals surface area contributed by atoms with Gasteiger partial charge in [0, 0.05) is 24.0 Å². The second kappa shape index (κ2) is 15.5. The van der Waals surface area contributed by atoms with E-state index >= 15 is 0 Å². The van der Waals surface area contributed by atoms with Gasteiger partial charge in [-0.25, -0.2) is 0 Å². The molecule has 6 nitrogen and oxygen atoms in total. The zero-order chi connectivity index (χ0) is 28.7. The molecule has 0 saturated carbocycles. The van der Waals surface area contributed by atoms with Crippen LogP contribution in [0.1, 0.15) is 53.3 Å². The molecule has 40 heavy (non-hydrogen) atoms. The van der Waals surface area contributed by atoms with Crippen molar-refractivity contribution in [3.63, 3.8) is 0 Å². The van der Waals surface area contributed by atoms with Crippen LogP contribution in [-0.4, -0.2) is 35.2 Å². The number of hydrogen-bond acceptors (Lipinski definition) is 5. The molecule has 4 rings (SSSR count). The van der Waals surface area contributed by atoms with Crippen molar-refractivity contribution in [1.29, 1.82) is 0 Å². The van der Waals surface area contributed by atoms with Crippen molar-refractivity contribution in [1.82, 2.24) is 0 Å². The van der Waals surface area contributed by atoms with Crippen LogP contribution in [0, 0.1) is 0 Å². The quantitative estimate of drug-likeness (QED) is 0.160. The SMILES string of the molecule is CCOC(=O)CCC(=O)c1cccc(-c2ccccc2)c1.O=C(O)CCC(=O)c1cccc(-c2ccccc2)c1. The monoisotopic (exact) mass is 536 g/mol. The van der Waals surface area contributed by atoms with Gasteiger partial charge >= 0.3 is 11.9 Å². The second-order valence-electron chi connectivity index (χ2n) is 8.94. The fraction of sp³-hybridized carbons (Fsp3) is 0.176. The van der Waals surface area contributed by atoms with Crippen LogP contribution >= 0.6 is 0 Å². The summed E-state index contributed by atoms with van der Waals surface area (Å²) >= 11 is 0. The van der Waals surface area contributed by atoms with Crippen molar-refractivity contribution < 1.29 is 29.0 Å². The van der Waals surface area contributed by atoms with Gasteiger partial charge in [0.25, 0.3) is 0 Å². The van der Waals surface area contributed by atoms with Gasteiger partial charge in [0.2, 0.25) is 0 Å². The van der Waals surface area contributed by atoms with Crippen LogP contribution in [0.3, 0.4) is 0 Å². The van der Waals surface area contributed by atoms with E-state index in [4.69, 9.17) is 9.84 Å². The van der Waals surface area contributed by atoms with Crippen LogP contribution in [0.4, 0.5) is 0 Å². The summed E-state index contributed by atoms with van der Waals surface area (Å²) in [5.41, 5.74) is 5.25. The highest BCUT2D eigenvalue weighted by atomic mass is 16.5. The molecule has 0 bridgehead atoms. The lowest BCUT2D eigenvalue weighted by Gasteiger charge is -2.05. The number of ketones is 2. The molecule has 4 aromatic carbocycles. The minimum Gasteiger partial charge on any atom is -0.481 e. The van der Waals surface area contributed by atoms with Gasteiger partial charge in [-0.3, -0.25) is 19.2 Å². The molecule has 0 amide bonds. The number of esters is 1. The molecule has 0 radical (unpaired) electrons. The van der Waals surface area contributed by atoms with Crippen LogP contribution in [0.15, 0.2) is 109 Å². The van der Waals surface area contributed by atoms with Gasteiger partial charge in [-0.1, -0.05) is 97.1 Å². The molecule has 0 aliphatic rings. The van der Waals surface area contributed by atoms with Crippen LogP contribution < -0.4 is 0 Å². The normalized spacial score (nSPS) is 10.1. The summed E-state index contributed by atoms with van der Waals surface area (Å²) in [6.45, 7) is 2.10. The van der Waals surface area contributed by atoms with Crippen molar-refractivity contribution >= 4 is 23.5 Å². The lowest BCUT2D eigenvalue weighted by molar-refractivity contribution is -0.143. The van der Waals surface area contributed by atoms with Gasteiger partial charge in [-0.15, -0.1) is 0 Å². The number of rotatable bonds is 11. The number of hydrogen-bond donors (Lipinski definition) is 1. The van der Waals surface area contributed by atoms with E-state index < -0.39 is 5.97 Å². The first-order valence-electron chi connectivity index (χ1n) is 13.1.